The number of aryl methyl sites for hydroxylation is 3. The SMILES string of the molecule is Cc1cc(OCCCc2c(C(=O)NSCCNC(=O)c3cc4ccccc4o3)[nH]c3ccccc23)cc(C)c1Cl. The van der Waals surface area contributed by atoms with Crippen LogP contribution < -0.4 is 14.8 Å². The van der Waals surface area contributed by atoms with Gasteiger partial charge in [0.2, 0.25) is 0 Å². The van der Waals surface area contributed by atoms with Crippen molar-refractivity contribution in [3.05, 3.63) is 99.9 Å². The Kier molecular flexibility index (Phi) is 8.67. The second-order valence-electron chi connectivity index (χ2n) is 9.53. The van der Waals surface area contributed by atoms with E-state index in [0.717, 1.165) is 50.2 Å². The molecule has 7 nitrogen and oxygen atoms in total. The number of para-hydroxylation sites is 2. The van der Waals surface area contributed by atoms with Gasteiger partial charge in [-0.3, -0.25) is 14.3 Å². The minimum absolute atomic E-state index is 0.204. The Bertz CT molecular complexity index is 1620. The Morgan fingerprint density at radius 1 is 1.00 bits per heavy atom. The highest BCUT2D eigenvalue weighted by Gasteiger charge is 2.18. The molecule has 0 bridgehead atoms. The maximum Gasteiger partial charge on any atom is 0.287 e. The van der Waals surface area contributed by atoms with E-state index < -0.39 is 0 Å². The quantitative estimate of drug-likeness (QED) is 0.116. The van der Waals surface area contributed by atoms with Crippen LogP contribution in [-0.4, -0.2) is 35.7 Å². The van der Waals surface area contributed by atoms with E-state index in [1.807, 2.05) is 74.5 Å². The Balaban J connectivity index is 1.13. The summed E-state index contributed by atoms with van der Waals surface area (Å²) in [7, 11) is 0. The van der Waals surface area contributed by atoms with Crippen LogP contribution in [0.25, 0.3) is 21.9 Å². The lowest BCUT2D eigenvalue weighted by atomic mass is 10.1. The lowest BCUT2D eigenvalue weighted by molar-refractivity contribution is 0.0930. The zero-order valence-corrected chi connectivity index (χ0v) is 23.9. The Labute approximate surface area is 241 Å². The van der Waals surface area contributed by atoms with Crippen LogP contribution in [0.15, 0.2) is 71.1 Å². The molecule has 3 N–H and O–H groups in total. The van der Waals surface area contributed by atoms with E-state index in [2.05, 4.69) is 15.0 Å². The van der Waals surface area contributed by atoms with Crippen molar-refractivity contribution in [3.63, 3.8) is 0 Å². The number of furan rings is 1. The Hall–Kier alpha value is -3.88. The number of H-pyrrole nitrogens is 1. The highest BCUT2D eigenvalue weighted by Crippen LogP contribution is 2.27. The Morgan fingerprint density at radius 2 is 1.75 bits per heavy atom. The fraction of sp³-hybridized carbons (Fsp3) is 0.226. The summed E-state index contributed by atoms with van der Waals surface area (Å²) >= 11 is 7.51. The summed E-state index contributed by atoms with van der Waals surface area (Å²) in [5, 5.41) is 5.49. The smallest absolute Gasteiger partial charge is 0.287 e. The van der Waals surface area contributed by atoms with Gasteiger partial charge in [-0.1, -0.05) is 48.0 Å². The average Bonchev–Trinajstić information content (AvgIpc) is 3.55. The third-order valence-corrected chi connectivity index (χ3v) is 7.93. The summed E-state index contributed by atoms with van der Waals surface area (Å²) in [6, 6.07) is 21.0. The summed E-state index contributed by atoms with van der Waals surface area (Å²) in [5.41, 5.74) is 5.05. The average molecular weight is 576 g/mol. The van der Waals surface area contributed by atoms with Crippen molar-refractivity contribution in [2.75, 3.05) is 18.9 Å². The van der Waals surface area contributed by atoms with Crippen LogP contribution in [0.5, 0.6) is 5.75 Å². The van der Waals surface area contributed by atoms with Gasteiger partial charge in [0.05, 0.1) is 6.61 Å². The summed E-state index contributed by atoms with van der Waals surface area (Å²) in [6.07, 6.45) is 1.42. The molecule has 0 aliphatic heterocycles. The van der Waals surface area contributed by atoms with E-state index in [4.69, 9.17) is 20.8 Å². The summed E-state index contributed by atoms with van der Waals surface area (Å²) < 4.78 is 14.5. The third kappa shape index (κ3) is 6.29. The van der Waals surface area contributed by atoms with Crippen molar-refractivity contribution in [1.29, 1.82) is 0 Å². The summed E-state index contributed by atoms with van der Waals surface area (Å²) in [6.45, 7) is 4.82. The van der Waals surface area contributed by atoms with Gasteiger partial charge in [0.25, 0.3) is 11.8 Å². The third-order valence-electron chi connectivity index (χ3n) is 6.59. The monoisotopic (exact) mass is 575 g/mol. The molecule has 206 valence electrons. The van der Waals surface area contributed by atoms with E-state index in [1.54, 1.807) is 6.07 Å². The van der Waals surface area contributed by atoms with Gasteiger partial charge in [0.15, 0.2) is 5.76 Å². The fourth-order valence-electron chi connectivity index (χ4n) is 4.65. The number of amides is 2. The standard InChI is InChI=1S/C31H30ClN3O4S/c1-19-16-22(17-20(2)28(19)32)38-14-7-10-24-23-9-4-5-11-25(23)34-29(24)31(37)35-40-15-13-33-30(36)27-18-21-8-3-6-12-26(21)39-27/h3-6,8-9,11-12,16-18,34H,7,10,13-15H2,1-2H3,(H,33,36)(H,35,37). The second-order valence-corrected chi connectivity index (χ2v) is 10.8. The first-order chi connectivity index (χ1) is 19.4. The van der Waals surface area contributed by atoms with Crippen LogP contribution in [0.2, 0.25) is 5.02 Å². The second kappa shape index (κ2) is 12.5. The highest BCUT2D eigenvalue weighted by molar-refractivity contribution is 7.97. The van der Waals surface area contributed by atoms with Crippen LogP contribution in [-0.2, 0) is 6.42 Å². The molecule has 0 unspecified atom stereocenters. The number of fused-ring (bicyclic) bond motifs is 2. The minimum Gasteiger partial charge on any atom is -0.494 e. The molecule has 0 atom stereocenters. The van der Waals surface area contributed by atoms with Gasteiger partial charge in [-0.05, 0) is 85.7 Å². The number of halogens is 1. The number of aromatic nitrogens is 1. The molecule has 40 heavy (non-hydrogen) atoms. The normalized spacial score (nSPS) is 11.2. The number of aromatic amines is 1. The molecule has 0 aliphatic rings. The molecule has 9 heteroatoms. The zero-order valence-electron chi connectivity index (χ0n) is 22.3. The van der Waals surface area contributed by atoms with E-state index >= 15 is 0 Å². The predicted octanol–water partition coefficient (Wildman–Crippen LogP) is 7.00. The molecule has 2 aromatic heterocycles. The summed E-state index contributed by atoms with van der Waals surface area (Å²) in [4.78, 5) is 28.8. The van der Waals surface area contributed by atoms with Gasteiger partial charge in [-0.25, -0.2) is 0 Å². The molecule has 0 saturated carbocycles. The highest BCUT2D eigenvalue weighted by atomic mass is 35.5. The van der Waals surface area contributed by atoms with Gasteiger partial charge in [-0.2, -0.15) is 0 Å². The molecule has 5 aromatic rings. The largest absolute Gasteiger partial charge is 0.494 e. The van der Waals surface area contributed by atoms with E-state index in [1.165, 1.54) is 11.9 Å². The first-order valence-corrected chi connectivity index (χ1v) is 14.4. The molecule has 0 aliphatic carbocycles. The van der Waals surface area contributed by atoms with Gasteiger partial charge in [0, 0.05) is 33.6 Å². The maximum atomic E-state index is 13.1. The van der Waals surface area contributed by atoms with E-state index in [-0.39, 0.29) is 17.6 Å². The predicted molar refractivity (Wildman–Crippen MR) is 162 cm³/mol. The lowest BCUT2D eigenvalue weighted by Crippen LogP contribution is -2.27. The molecule has 0 saturated heterocycles. The first kappa shape index (κ1) is 27.7. The van der Waals surface area contributed by atoms with Crippen molar-refractivity contribution in [3.8, 4) is 5.75 Å². The first-order valence-electron chi connectivity index (χ1n) is 13.1. The van der Waals surface area contributed by atoms with Crippen molar-refractivity contribution < 1.29 is 18.7 Å². The van der Waals surface area contributed by atoms with Crippen LogP contribution in [0.1, 0.15) is 44.2 Å². The van der Waals surface area contributed by atoms with Crippen molar-refractivity contribution in [2.45, 2.75) is 26.7 Å². The minimum atomic E-state index is -0.285. The van der Waals surface area contributed by atoms with Crippen LogP contribution >= 0.6 is 23.5 Å². The number of carbonyl (C=O) groups excluding carboxylic acids is 2. The van der Waals surface area contributed by atoms with E-state index in [0.29, 0.717) is 36.6 Å². The number of ether oxygens (including phenoxy) is 1. The van der Waals surface area contributed by atoms with E-state index in [9.17, 15) is 9.59 Å². The number of carbonyl (C=O) groups is 2. The fourth-order valence-corrected chi connectivity index (χ4v) is 5.29. The molecule has 0 radical (unpaired) electrons. The number of benzene rings is 3. The van der Waals surface area contributed by atoms with Crippen LogP contribution in [0, 0.1) is 13.8 Å². The molecule has 2 amide bonds. The van der Waals surface area contributed by atoms with Gasteiger partial charge >= 0.3 is 0 Å². The number of nitrogens with one attached hydrogen (secondary N) is 3. The molecule has 2 heterocycles. The number of hydrogen-bond acceptors (Lipinski definition) is 5. The molecular formula is C31H30ClN3O4S. The molecular weight excluding hydrogens is 546 g/mol. The molecule has 3 aromatic carbocycles. The van der Waals surface area contributed by atoms with Crippen molar-refractivity contribution in [2.24, 2.45) is 0 Å². The zero-order chi connectivity index (χ0) is 28.1. The summed E-state index contributed by atoms with van der Waals surface area (Å²) in [5.74, 6) is 1.07. The molecule has 0 spiro atoms. The van der Waals surface area contributed by atoms with Gasteiger partial charge in [0.1, 0.15) is 17.0 Å². The Morgan fingerprint density at radius 3 is 2.55 bits per heavy atom. The maximum absolute atomic E-state index is 13.1. The number of hydrogen-bond donors (Lipinski definition) is 3. The van der Waals surface area contributed by atoms with Crippen LogP contribution in [0.3, 0.4) is 0 Å². The number of rotatable bonds is 11. The molecule has 0 fully saturated rings. The van der Waals surface area contributed by atoms with Crippen LogP contribution in [0.4, 0.5) is 0 Å². The van der Waals surface area contributed by atoms with Crippen molar-refractivity contribution >= 4 is 57.2 Å². The lowest BCUT2D eigenvalue weighted by Gasteiger charge is -2.10. The topological polar surface area (TPSA) is 96.4 Å². The van der Waals surface area contributed by atoms with Crippen molar-refractivity contribution in [1.82, 2.24) is 15.0 Å². The van der Waals surface area contributed by atoms with Gasteiger partial charge in [-0.15, -0.1) is 0 Å². The molecule has 5 rings (SSSR count). The van der Waals surface area contributed by atoms with Gasteiger partial charge < -0.3 is 19.5 Å².